The maximum atomic E-state index is 10.9. The highest BCUT2D eigenvalue weighted by atomic mass is 32.2. The van der Waals surface area contributed by atoms with Gasteiger partial charge in [0.05, 0.1) is 6.61 Å². The second kappa shape index (κ2) is 7.47. The Balaban J connectivity index is 3.33. The molecule has 0 aliphatic carbocycles. The van der Waals surface area contributed by atoms with E-state index in [9.17, 15) is 4.79 Å². The first kappa shape index (κ1) is 11.8. The zero-order chi connectivity index (χ0) is 9.40. The normalized spacial score (nSPS) is 12.6. The van der Waals surface area contributed by atoms with Crippen molar-refractivity contribution in [3.05, 3.63) is 0 Å². The van der Waals surface area contributed by atoms with Gasteiger partial charge in [-0.15, -0.1) is 0 Å². The number of carbonyl (C=O) groups is 1. The molecule has 0 bridgehead atoms. The lowest BCUT2D eigenvalue weighted by atomic mass is 10.1. The summed E-state index contributed by atoms with van der Waals surface area (Å²) in [5.41, 5.74) is 0. The van der Waals surface area contributed by atoms with Gasteiger partial charge in [-0.2, -0.15) is 11.8 Å². The molecule has 0 radical (unpaired) electrons. The fourth-order valence-electron chi connectivity index (χ4n) is 0.965. The van der Waals surface area contributed by atoms with Crippen molar-refractivity contribution in [2.24, 2.45) is 5.92 Å². The number of thioether (sulfide) groups is 1. The van der Waals surface area contributed by atoms with E-state index >= 15 is 0 Å². The molecule has 0 amide bonds. The molecule has 1 unspecified atom stereocenters. The van der Waals surface area contributed by atoms with Crippen molar-refractivity contribution < 1.29 is 9.53 Å². The van der Waals surface area contributed by atoms with Gasteiger partial charge in [-0.1, -0.05) is 6.92 Å². The van der Waals surface area contributed by atoms with Crippen LogP contribution in [-0.4, -0.2) is 24.6 Å². The monoisotopic (exact) mass is 190 g/mol. The van der Waals surface area contributed by atoms with Crippen LogP contribution in [0, 0.1) is 5.92 Å². The zero-order valence-electron chi connectivity index (χ0n) is 8.13. The van der Waals surface area contributed by atoms with E-state index in [2.05, 4.69) is 13.2 Å². The predicted molar refractivity (Wildman–Crippen MR) is 53.4 cm³/mol. The minimum Gasteiger partial charge on any atom is -0.466 e. The van der Waals surface area contributed by atoms with E-state index in [0.29, 0.717) is 18.9 Å². The molecule has 1 atom stereocenters. The molecule has 0 saturated carbocycles. The SMILES string of the molecule is CCOC(=O)CCC(C)CSC. The van der Waals surface area contributed by atoms with Gasteiger partial charge in [0.15, 0.2) is 0 Å². The first-order chi connectivity index (χ1) is 5.70. The van der Waals surface area contributed by atoms with Gasteiger partial charge >= 0.3 is 5.97 Å². The van der Waals surface area contributed by atoms with E-state index in [0.717, 1.165) is 12.2 Å². The molecule has 72 valence electrons. The topological polar surface area (TPSA) is 26.3 Å². The summed E-state index contributed by atoms with van der Waals surface area (Å²) >= 11 is 1.82. The lowest BCUT2D eigenvalue weighted by molar-refractivity contribution is -0.143. The van der Waals surface area contributed by atoms with Crippen LogP contribution in [0.2, 0.25) is 0 Å². The van der Waals surface area contributed by atoms with Crippen molar-refractivity contribution in [1.82, 2.24) is 0 Å². The van der Waals surface area contributed by atoms with Crippen LogP contribution in [0.4, 0.5) is 0 Å². The molecule has 0 spiro atoms. The first-order valence-corrected chi connectivity index (χ1v) is 5.74. The minimum absolute atomic E-state index is 0.0644. The Morgan fingerprint density at radius 2 is 2.25 bits per heavy atom. The van der Waals surface area contributed by atoms with Crippen molar-refractivity contribution in [3.63, 3.8) is 0 Å². The van der Waals surface area contributed by atoms with Gasteiger partial charge < -0.3 is 4.74 Å². The molecule has 0 aliphatic rings. The summed E-state index contributed by atoms with van der Waals surface area (Å²) in [6.07, 6.45) is 3.59. The molecule has 12 heavy (non-hydrogen) atoms. The minimum atomic E-state index is -0.0644. The smallest absolute Gasteiger partial charge is 0.305 e. The summed E-state index contributed by atoms with van der Waals surface area (Å²) in [7, 11) is 0. The molecule has 2 nitrogen and oxygen atoms in total. The Morgan fingerprint density at radius 3 is 2.75 bits per heavy atom. The number of hydrogen-bond donors (Lipinski definition) is 0. The highest BCUT2D eigenvalue weighted by Gasteiger charge is 2.06. The molecule has 0 aromatic rings. The molecule has 0 heterocycles. The number of hydrogen-bond acceptors (Lipinski definition) is 3. The van der Waals surface area contributed by atoms with E-state index in [1.54, 1.807) is 0 Å². The van der Waals surface area contributed by atoms with Crippen LogP contribution in [0.3, 0.4) is 0 Å². The fourth-order valence-corrected chi connectivity index (χ4v) is 1.70. The summed E-state index contributed by atoms with van der Waals surface area (Å²) in [5.74, 6) is 1.68. The van der Waals surface area contributed by atoms with Gasteiger partial charge in [-0.25, -0.2) is 0 Å². The fraction of sp³-hybridized carbons (Fsp3) is 0.889. The summed E-state index contributed by atoms with van der Waals surface area (Å²) < 4.78 is 4.82. The van der Waals surface area contributed by atoms with Crippen LogP contribution < -0.4 is 0 Å². The standard InChI is InChI=1S/C9H18O2S/c1-4-11-9(10)6-5-8(2)7-12-3/h8H,4-7H2,1-3H3. The lowest BCUT2D eigenvalue weighted by Gasteiger charge is -2.08. The third kappa shape index (κ3) is 6.53. The third-order valence-electron chi connectivity index (χ3n) is 1.60. The maximum absolute atomic E-state index is 10.9. The Hall–Kier alpha value is -0.180. The van der Waals surface area contributed by atoms with E-state index < -0.39 is 0 Å². The number of carbonyl (C=O) groups excluding carboxylic acids is 1. The second-order valence-corrected chi connectivity index (χ2v) is 3.81. The van der Waals surface area contributed by atoms with Crippen LogP contribution in [-0.2, 0) is 9.53 Å². The van der Waals surface area contributed by atoms with Crippen LogP contribution in [0.1, 0.15) is 26.7 Å². The molecule has 0 fully saturated rings. The lowest BCUT2D eigenvalue weighted by Crippen LogP contribution is -2.07. The van der Waals surface area contributed by atoms with Crippen LogP contribution >= 0.6 is 11.8 Å². The largest absolute Gasteiger partial charge is 0.466 e. The first-order valence-electron chi connectivity index (χ1n) is 4.35. The molecule has 0 aromatic heterocycles. The van der Waals surface area contributed by atoms with Gasteiger partial charge in [0, 0.05) is 6.42 Å². The quantitative estimate of drug-likeness (QED) is 0.601. The number of ether oxygens (including phenoxy) is 1. The van der Waals surface area contributed by atoms with E-state index in [1.165, 1.54) is 0 Å². The van der Waals surface area contributed by atoms with Crippen molar-refractivity contribution in [1.29, 1.82) is 0 Å². The number of esters is 1. The van der Waals surface area contributed by atoms with Crippen LogP contribution in [0.15, 0.2) is 0 Å². The Kier molecular flexibility index (Phi) is 7.36. The maximum Gasteiger partial charge on any atom is 0.305 e. The van der Waals surface area contributed by atoms with Crippen LogP contribution in [0.5, 0.6) is 0 Å². The highest BCUT2D eigenvalue weighted by Crippen LogP contribution is 2.11. The summed E-state index contributed by atoms with van der Waals surface area (Å²) in [5, 5.41) is 0. The summed E-state index contributed by atoms with van der Waals surface area (Å²) in [6, 6.07) is 0. The van der Waals surface area contributed by atoms with Crippen molar-refractivity contribution in [2.45, 2.75) is 26.7 Å². The zero-order valence-corrected chi connectivity index (χ0v) is 8.95. The number of rotatable bonds is 6. The molecule has 0 rings (SSSR count). The average Bonchev–Trinajstić information content (AvgIpc) is 2.02. The summed E-state index contributed by atoms with van der Waals surface area (Å²) in [6.45, 7) is 4.49. The average molecular weight is 190 g/mol. The van der Waals surface area contributed by atoms with Crippen molar-refractivity contribution in [3.8, 4) is 0 Å². The van der Waals surface area contributed by atoms with Gasteiger partial charge in [-0.3, -0.25) is 4.79 Å². The van der Waals surface area contributed by atoms with E-state index in [-0.39, 0.29) is 5.97 Å². The van der Waals surface area contributed by atoms with E-state index in [1.807, 2.05) is 18.7 Å². The predicted octanol–water partition coefficient (Wildman–Crippen LogP) is 2.33. The van der Waals surface area contributed by atoms with Gasteiger partial charge in [0.1, 0.15) is 0 Å². The van der Waals surface area contributed by atoms with Crippen LogP contribution in [0.25, 0.3) is 0 Å². The van der Waals surface area contributed by atoms with Crippen molar-refractivity contribution >= 4 is 17.7 Å². The highest BCUT2D eigenvalue weighted by molar-refractivity contribution is 7.98. The second-order valence-electron chi connectivity index (χ2n) is 2.90. The van der Waals surface area contributed by atoms with E-state index in [4.69, 9.17) is 4.74 Å². The van der Waals surface area contributed by atoms with Gasteiger partial charge in [0.2, 0.25) is 0 Å². The Morgan fingerprint density at radius 1 is 1.58 bits per heavy atom. The molecule has 0 aromatic carbocycles. The Labute approximate surface area is 79.1 Å². The third-order valence-corrected chi connectivity index (χ3v) is 2.50. The Bertz CT molecular complexity index is 126. The van der Waals surface area contributed by atoms with Gasteiger partial charge in [0.25, 0.3) is 0 Å². The van der Waals surface area contributed by atoms with Gasteiger partial charge in [-0.05, 0) is 31.3 Å². The van der Waals surface area contributed by atoms with Crippen molar-refractivity contribution in [2.75, 3.05) is 18.6 Å². The molecular formula is C9H18O2S. The summed E-state index contributed by atoms with van der Waals surface area (Å²) in [4.78, 5) is 10.9. The molecule has 0 saturated heterocycles. The molecular weight excluding hydrogens is 172 g/mol. The molecule has 0 N–H and O–H groups in total. The molecule has 0 aliphatic heterocycles. The molecule has 3 heteroatoms.